The van der Waals surface area contributed by atoms with Crippen LogP contribution in [0, 0.1) is 6.54 Å². The Kier molecular flexibility index (Phi) is 2.85. The number of para-hydroxylation sites is 1. The highest BCUT2D eigenvalue weighted by Crippen LogP contribution is 2.42. The molecular formula is C18H16NO2. The molecule has 2 aromatic carbocycles. The molecule has 1 saturated heterocycles. The molecule has 0 saturated carbocycles. The zero-order valence-corrected chi connectivity index (χ0v) is 11.6. The van der Waals surface area contributed by atoms with Crippen LogP contribution in [0.2, 0.25) is 0 Å². The predicted octanol–water partition coefficient (Wildman–Crippen LogP) is 4.57. The number of phenols is 1. The first-order valence-corrected chi connectivity index (χ1v) is 7.24. The number of benzene rings is 2. The molecule has 0 spiro atoms. The van der Waals surface area contributed by atoms with E-state index in [1.165, 1.54) is 6.42 Å². The van der Waals surface area contributed by atoms with Crippen molar-refractivity contribution in [3.05, 3.63) is 55.1 Å². The van der Waals surface area contributed by atoms with E-state index < -0.39 is 0 Å². The van der Waals surface area contributed by atoms with E-state index in [0.29, 0.717) is 0 Å². The third kappa shape index (κ3) is 2.05. The minimum Gasteiger partial charge on any atom is -0.508 e. The van der Waals surface area contributed by atoms with Crippen LogP contribution >= 0.6 is 0 Å². The summed E-state index contributed by atoms with van der Waals surface area (Å²) in [6.07, 6.45) is 2.28. The van der Waals surface area contributed by atoms with E-state index in [1.807, 2.05) is 30.3 Å². The number of hydrogen-bond donors (Lipinski definition) is 1. The molecule has 3 aromatic rings. The lowest BCUT2D eigenvalue weighted by atomic mass is 10.1. The average Bonchev–Trinajstić information content (AvgIpc) is 3.14. The lowest BCUT2D eigenvalue weighted by Crippen LogP contribution is -2.13. The Morgan fingerprint density at radius 3 is 2.57 bits per heavy atom. The summed E-state index contributed by atoms with van der Waals surface area (Å²) in [5.41, 5.74) is 3.02. The van der Waals surface area contributed by atoms with Gasteiger partial charge in [0.05, 0.1) is 5.69 Å². The maximum Gasteiger partial charge on any atom is 0.158 e. The SMILES string of the molecule is Oc1ccc(-c2oc3ccccc3c2N2[CH]CCC2)cc1. The van der Waals surface area contributed by atoms with E-state index in [9.17, 15) is 5.11 Å². The van der Waals surface area contributed by atoms with Crippen molar-refractivity contribution in [3.8, 4) is 17.1 Å². The maximum absolute atomic E-state index is 9.48. The van der Waals surface area contributed by atoms with Crippen LogP contribution in [0.5, 0.6) is 5.75 Å². The van der Waals surface area contributed by atoms with Crippen molar-refractivity contribution in [2.75, 3.05) is 11.4 Å². The van der Waals surface area contributed by atoms with Crippen molar-refractivity contribution in [1.82, 2.24) is 0 Å². The Bertz CT molecular complexity index is 768. The quantitative estimate of drug-likeness (QED) is 0.746. The molecule has 1 radical (unpaired) electrons. The second-order valence-electron chi connectivity index (χ2n) is 5.34. The molecule has 21 heavy (non-hydrogen) atoms. The first-order valence-electron chi connectivity index (χ1n) is 7.24. The molecule has 3 nitrogen and oxygen atoms in total. The first kappa shape index (κ1) is 12.3. The van der Waals surface area contributed by atoms with Gasteiger partial charge in [-0.25, -0.2) is 0 Å². The van der Waals surface area contributed by atoms with Crippen LogP contribution in [0.15, 0.2) is 52.9 Å². The van der Waals surface area contributed by atoms with E-state index in [0.717, 1.165) is 40.9 Å². The summed E-state index contributed by atoms with van der Waals surface area (Å²) in [7, 11) is 0. The van der Waals surface area contributed by atoms with Crippen LogP contribution in [0.25, 0.3) is 22.3 Å². The molecule has 0 aliphatic carbocycles. The van der Waals surface area contributed by atoms with Gasteiger partial charge in [0.15, 0.2) is 5.76 Å². The van der Waals surface area contributed by atoms with Gasteiger partial charge in [-0.05, 0) is 49.2 Å². The predicted molar refractivity (Wildman–Crippen MR) is 84.2 cm³/mol. The number of aromatic hydroxyl groups is 1. The van der Waals surface area contributed by atoms with Gasteiger partial charge in [0.25, 0.3) is 0 Å². The fourth-order valence-electron chi connectivity index (χ4n) is 2.93. The van der Waals surface area contributed by atoms with Gasteiger partial charge in [0.2, 0.25) is 0 Å². The summed E-state index contributed by atoms with van der Waals surface area (Å²) in [4.78, 5) is 2.29. The van der Waals surface area contributed by atoms with Crippen LogP contribution in [-0.2, 0) is 0 Å². The average molecular weight is 278 g/mol. The minimum atomic E-state index is 0.268. The number of anilines is 1. The third-order valence-corrected chi connectivity index (χ3v) is 3.94. The van der Waals surface area contributed by atoms with Gasteiger partial charge in [0.1, 0.15) is 11.3 Å². The molecule has 1 N–H and O–H groups in total. The Morgan fingerprint density at radius 2 is 1.81 bits per heavy atom. The molecule has 105 valence electrons. The van der Waals surface area contributed by atoms with Gasteiger partial charge in [-0.1, -0.05) is 12.1 Å². The van der Waals surface area contributed by atoms with Gasteiger partial charge < -0.3 is 14.4 Å². The Hall–Kier alpha value is -2.42. The summed E-state index contributed by atoms with van der Waals surface area (Å²) in [5.74, 6) is 1.14. The van der Waals surface area contributed by atoms with Crippen LogP contribution in [0.4, 0.5) is 5.69 Å². The van der Waals surface area contributed by atoms with Crippen LogP contribution in [0.1, 0.15) is 12.8 Å². The number of phenolic OH excluding ortho intramolecular Hbond substituents is 1. The largest absolute Gasteiger partial charge is 0.508 e. The molecule has 1 aliphatic heterocycles. The molecular weight excluding hydrogens is 262 g/mol. The number of rotatable bonds is 2. The first-order chi connectivity index (χ1) is 10.3. The van der Waals surface area contributed by atoms with Gasteiger partial charge in [-0.3, -0.25) is 0 Å². The minimum absolute atomic E-state index is 0.268. The second kappa shape index (κ2) is 4.85. The smallest absolute Gasteiger partial charge is 0.158 e. The Balaban J connectivity index is 1.94. The van der Waals surface area contributed by atoms with Gasteiger partial charge in [-0.15, -0.1) is 0 Å². The van der Waals surface area contributed by atoms with Crippen LogP contribution in [-0.4, -0.2) is 11.7 Å². The fourth-order valence-corrected chi connectivity index (χ4v) is 2.93. The number of nitrogens with zero attached hydrogens (tertiary/aromatic N) is 1. The molecule has 0 bridgehead atoms. The summed E-state index contributed by atoms with van der Waals surface area (Å²) in [6.45, 7) is 3.26. The highest BCUT2D eigenvalue weighted by molar-refractivity contribution is 5.99. The van der Waals surface area contributed by atoms with Crippen molar-refractivity contribution in [1.29, 1.82) is 0 Å². The van der Waals surface area contributed by atoms with Crippen LogP contribution in [0.3, 0.4) is 0 Å². The molecule has 1 aliphatic rings. The molecule has 3 heteroatoms. The summed E-state index contributed by atoms with van der Waals surface area (Å²) >= 11 is 0. The highest BCUT2D eigenvalue weighted by Gasteiger charge is 2.23. The maximum atomic E-state index is 9.48. The molecule has 0 unspecified atom stereocenters. The third-order valence-electron chi connectivity index (χ3n) is 3.94. The van der Waals surface area contributed by atoms with Crippen molar-refractivity contribution < 1.29 is 9.52 Å². The molecule has 0 amide bonds. The number of fused-ring (bicyclic) bond motifs is 1. The molecule has 2 heterocycles. The van der Waals surface area contributed by atoms with Crippen molar-refractivity contribution in [3.63, 3.8) is 0 Å². The summed E-state index contributed by atoms with van der Waals surface area (Å²) in [6, 6.07) is 15.3. The lowest BCUT2D eigenvalue weighted by molar-refractivity contribution is 0.475. The Labute approximate surface area is 123 Å². The monoisotopic (exact) mass is 278 g/mol. The molecule has 4 rings (SSSR count). The molecule has 0 atom stereocenters. The van der Waals surface area contributed by atoms with E-state index in [4.69, 9.17) is 4.42 Å². The van der Waals surface area contributed by atoms with E-state index in [2.05, 4.69) is 17.5 Å². The topological polar surface area (TPSA) is 36.6 Å². The van der Waals surface area contributed by atoms with E-state index in [-0.39, 0.29) is 5.75 Å². The van der Waals surface area contributed by atoms with Crippen molar-refractivity contribution >= 4 is 16.7 Å². The fraction of sp³-hybridized carbons (Fsp3) is 0.167. The highest BCUT2D eigenvalue weighted by atomic mass is 16.3. The number of hydrogen-bond acceptors (Lipinski definition) is 3. The normalized spacial score (nSPS) is 15.0. The Morgan fingerprint density at radius 1 is 1.00 bits per heavy atom. The summed E-state index contributed by atoms with van der Waals surface area (Å²) in [5, 5.41) is 10.6. The standard InChI is InChI=1S/C18H16NO2/c20-14-9-7-13(8-10-14)18-17(19-11-3-4-12-19)15-5-1-2-6-16(15)21-18/h1-2,5-11,20H,3-4,12H2. The van der Waals surface area contributed by atoms with Crippen molar-refractivity contribution in [2.24, 2.45) is 0 Å². The van der Waals surface area contributed by atoms with E-state index >= 15 is 0 Å². The zero-order valence-electron chi connectivity index (χ0n) is 11.6. The zero-order chi connectivity index (χ0) is 14.2. The second-order valence-corrected chi connectivity index (χ2v) is 5.34. The van der Waals surface area contributed by atoms with Gasteiger partial charge in [-0.2, -0.15) is 0 Å². The molecule has 1 fully saturated rings. The lowest BCUT2D eigenvalue weighted by Gasteiger charge is -2.17. The van der Waals surface area contributed by atoms with E-state index in [1.54, 1.807) is 12.1 Å². The summed E-state index contributed by atoms with van der Waals surface area (Å²) < 4.78 is 6.09. The molecule has 1 aromatic heterocycles. The van der Waals surface area contributed by atoms with Gasteiger partial charge in [0, 0.05) is 24.0 Å². The number of furan rings is 1. The van der Waals surface area contributed by atoms with Crippen molar-refractivity contribution in [2.45, 2.75) is 12.8 Å². The van der Waals surface area contributed by atoms with Crippen LogP contribution < -0.4 is 4.90 Å². The van der Waals surface area contributed by atoms with Gasteiger partial charge >= 0.3 is 0 Å².